The van der Waals surface area contributed by atoms with E-state index in [9.17, 15) is 0 Å². The van der Waals surface area contributed by atoms with E-state index in [-0.39, 0.29) is 0 Å². The average Bonchev–Trinajstić information content (AvgIpc) is 1.77. The summed E-state index contributed by atoms with van der Waals surface area (Å²) in [6.45, 7) is 0. The van der Waals surface area contributed by atoms with Crippen molar-refractivity contribution in [2.75, 3.05) is 0 Å². The van der Waals surface area contributed by atoms with Gasteiger partial charge in [-0.15, -0.1) is 0 Å². The zero-order valence-corrected chi connectivity index (χ0v) is 11.3. The topological polar surface area (TPSA) is 0 Å². The Morgan fingerprint density at radius 2 is 2.12 bits per heavy atom. The van der Waals surface area contributed by atoms with Crippen LogP contribution in [0.4, 0.5) is 0 Å². The fourth-order valence-electron chi connectivity index (χ4n) is 0.856. The average molecular weight is 438 g/mol. The van der Waals surface area contributed by atoms with Gasteiger partial charge in [0, 0.05) is 0 Å². The summed E-state index contributed by atoms with van der Waals surface area (Å²) in [6, 6.07) is 0. The van der Waals surface area contributed by atoms with Crippen LogP contribution in [0.15, 0.2) is 0 Å². The van der Waals surface area contributed by atoms with Gasteiger partial charge in [-0.2, -0.15) is 0 Å². The SMILES string of the molecule is Br[CH]1CCC[CH2][Bi]1[Br]. The molecule has 0 N–H and O–H groups in total. The molecule has 0 aromatic heterocycles. The molecule has 1 aliphatic rings. The van der Waals surface area contributed by atoms with Crippen molar-refractivity contribution in [3.63, 3.8) is 0 Å². The maximum atomic E-state index is 3.81. The molecule has 48 valence electrons. The van der Waals surface area contributed by atoms with Crippen LogP contribution in [-0.4, -0.2) is 21.9 Å². The van der Waals surface area contributed by atoms with Gasteiger partial charge in [-0.05, 0) is 0 Å². The van der Waals surface area contributed by atoms with Gasteiger partial charge < -0.3 is 0 Å². The number of halogens is 2. The molecule has 0 bridgehead atoms. The Bertz CT molecular complexity index is 66.8. The molecule has 0 saturated carbocycles. The molecule has 0 aromatic carbocycles. The third-order valence-corrected chi connectivity index (χ3v) is 24.7. The first-order chi connectivity index (χ1) is 3.80. The van der Waals surface area contributed by atoms with Gasteiger partial charge in [-0.3, -0.25) is 0 Å². The molecule has 1 saturated heterocycles. The summed E-state index contributed by atoms with van der Waals surface area (Å²) in [5.41, 5.74) is 0. The van der Waals surface area contributed by atoms with E-state index in [4.69, 9.17) is 0 Å². The summed E-state index contributed by atoms with van der Waals surface area (Å²) in [7, 11) is 0. The first-order valence-corrected chi connectivity index (χ1v) is 15.8. The van der Waals surface area contributed by atoms with Gasteiger partial charge in [0.05, 0.1) is 0 Å². The second-order valence-electron chi connectivity index (χ2n) is 2.05. The summed E-state index contributed by atoms with van der Waals surface area (Å²) >= 11 is 6.49. The van der Waals surface area contributed by atoms with Crippen LogP contribution in [0.1, 0.15) is 19.3 Å². The monoisotopic (exact) mass is 436 g/mol. The van der Waals surface area contributed by atoms with Gasteiger partial charge in [0.25, 0.3) is 0 Å². The fourth-order valence-corrected chi connectivity index (χ4v) is 11.9. The minimum absolute atomic E-state index is 0.936. The predicted molar refractivity (Wildman–Crippen MR) is 46.1 cm³/mol. The predicted octanol–water partition coefficient (Wildman–Crippen LogP) is 2.86. The molecule has 1 fully saturated rings. The van der Waals surface area contributed by atoms with Gasteiger partial charge in [0.2, 0.25) is 0 Å². The van der Waals surface area contributed by atoms with E-state index < -0.39 is 19.4 Å². The zero-order chi connectivity index (χ0) is 5.98. The molecule has 3 heteroatoms. The second kappa shape index (κ2) is 3.88. The van der Waals surface area contributed by atoms with Crippen molar-refractivity contribution in [3.05, 3.63) is 0 Å². The minimum atomic E-state index is -1.02. The first-order valence-electron chi connectivity index (χ1n) is 2.87. The van der Waals surface area contributed by atoms with Crippen LogP contribution in [0, 0.1) is 0 Å². The number of hydrogen-bond acceptors (Lipinski definition) is 0. The van der Waals surface area contributed by atoms with Crippen molar-refractivity contribution in [3.8, 4) is 0 Å². The molecular formula is C5H9BiBr2. The molecule has 0 aliphatic carbocycles. The van der Waals surface area contributed by atoms with E-state index in [0.29, 0.717) is 0 Å². The standard InChI is InChI=1S/C5H9Br.Bi.BrH/c1-2-3-4-5-6;;/h5H,1-4H2;;1H/q;+1;/p-1. The Hall–Kier alpha value is 1.84. The zero-order valence-electron chi connectivity index (χ0n) is 4.61. The molecular weight excluding hydrogens is 429 g/mol. The van der Waals surface area contributed by atoms with Crippen molar-refractivity contribution in [1.82, 2.24) is 0 Å². The summed E-state index contributed by atoms with van der Waals surface area (Å²) < 4.78 is 2.48. The molecule has 0 radical (unpaired) electrons. The number of rotatable bonds is 0. The Morgan fingerprint density at radius 1 is 1.38 bits per heavy atom. The summed E-state index contributed by atoms with van der Waals surface area (Å²) in [5.74, 6) is 0. The maximum absolute atomic E-state index is 3.81. The van der Waals surface area contributed by atoms with Gasteiger partial charge in [0.15, 0.2) is 0 Å². The molecule has 0 amide bonds. The molecule has 0 nitrogen and oxygen atoms in total. The molecule has 8 heavy (non-hydrogen) atoms. The van der Waals surface area contributed by atoms with Gasteiger partial charge >= 0.3 is 73.5 Å². The number of hydrogen-bond donors (Lipinski definition) is 0. The molecule has 1 aliphatic heterocycles. The quantitative estimate of drug-likeness (QED) is 0.404. The fraction of sp³-hybridized carbons (Fsp3) is 1.00. The third-order valence-electron chi connectivity index (χ3n) is 1.37. The third kappa shape index (κ3) is 2.23. The Kier molecular flexibility index (Phi) is 3.85. The Balaban J connectivity index is 2.28. The van der Waals surface area contributed by atoms with Crippen molar-refractivity contribution < 1.29 is 0 Å². The van der Waals surface area contributed by atoms with Crippen LogP contribution in [0.2, 0.25) is 4.13 Å². The van der Waals surface area contributed by atoms with Gasteiger partial charge in [-0.25, -0.2) is 0 Å². The second-order valence-corrected chi connectivity index (χ2v) is 21.3. The van der Waals surface area contributed by atoms with Crippen molar-refractivity contribution >= 4 is 47.6 Å². The molecule has 1 rings (SSSR count). The van der Waals surface area contributed by atoms with Crippen molar-refractivity contribution in [1.29, 1.82) is 0 Å². The first kappa shape index (κ1) is 7.94. The van der Waals surface area contributed by atoms with Crippen LogP contribution in [-0.2, 0) is 0 Å². The van der Waals surface area contributed by atoms with Crippen LogP contribution in [0.25, 0.3) is 0 Å². The summed E-state index contributed by atoms with van der Waals surface area (Å²) in [4.78, 5) is 0. The molecule has 1 atom stereocenters. The Morgan fingerprint density at radius 3 is 2.50 bits per heavy atom. The van der Waals surface area contributed by atoms with E-state index in [1.165, 1.54) is 19.3 Å². The van der Waals surface area contributed by atoms with Crippen LogP contribution in [0.3, 0.4) is 0 Å². The van der Waals surface area contributed by atoms with E-state index in [1.54, 1.807) is 4.13 Å². The van der Waals surface area contributed by atoms with Crippen molar-refractivity contribution in [2.24, 2.45) is 0 Å². The van der Waals surface area contributed by atoms with Crippen LogP contribution < -0.4 is 0 Å². The van der Waals surface area contributed by atoms with Crippen LogP contribution in [0.5, 0.6) is 0 Å². The summed E-state index contributed by atoms with van der Waals surface area (Å²) in [6.07, 6.45) is 4.38. The molecule has 1 unspecified atom stereocenters. The van der Waals surface area contributed by atoms with E-state index in [2.05, 4.69) is 28.1 Å². The van der Waals surface area contributed by atoms with Crippen LogP contribution >= 0.6 is 28.1 Å². The number of alkyl halides is 1. The van der Waals surface area contributed by atoms with E-state index in [1.807, 2.05) is 0 Å². The molecule has 1 heterocycles. The van der Waals surface area contributed by atoms with E-state index in [0.717, 1.165) is 2.54 Å². The normalized spacial score (nSPS) is 33.0. The summed E-state index contributed by atoms with van der Waals surface area (Å²) in [5, 5.41) is 0. The van der Waals surface area contributed by atoms with E-state index >= 15 is 0 Å². The van der Waals surface area contributed by atoms with Gasteiger partial charge in [-0.1, -0.05) is 0 Å². The van der Waals surface area contributed by atoms with Crippen molar-refractivity contribution in [2.45, 2.75) is 25.9 Å². The Labute approximate surface area is 72.7 Å². The van der Waals surface area contributed by atoms with Gasteiger partial charge in [0.1, 0.15) is 0 Å². The molecule has 0 aromatic rings. The molecule has 0 spiro atoms.